The van der Waals surface area contributed by atoms with E-state index in [2.05, 4.69) is 9.62 Å². The van der Waals surface area contributed by atoms with Crippen LogP contribution in [0.25, 0.3) is 0 Å². The summed E-state index contributed by atoms with van der Waals surface area (Å²) in [5.74, 6) is 0.0103. The molecule has 18 heavy (non-hydrogen) atoms. The lowest BCUT2D eigenvalue weighted by atomic mass is 10.1. The van der Waals surface area contributed by atoms with Gasteiger partial charge in [-0.3, -0.25) is 4.79 Å². The summed E-state index contributed by atoms with van der Waals surface area (Å²) >= 11 is 0. The van der Waals surface area contributed by atoms with Crippen LogP contribution in [0, 0.1) is 0 Å². The van der Waals surface area contributed by atoms with Crippen LogP contribution >= 0.6 is 0 Å². The topological polar surface area (TPSA) is 79.6 Å². The van der Waals surface area contributed by atoms with Crippen molar-refractivity contribution < 1.29 is 17.6 Å². The Bertz CT molecular complexity index is 523. The number of hydrogen-bond acceptors (Lipinski definition) is 5. The predicted molar refractivity (Wildman–Crippen MR) is 64.9 cm³/mol. The SMILES string of the molecule is CN1CCCC(NS(=O)(=O)c2ccc(C=O)o2)C1. The van der Waals surface area contributed by atoms with E-state index in [-0.39, 0.29) is 16.9 Å². The molecule has 1 aliphatic rings. The summed E-state index contributed by atoms with van der Waals surface area (Å²) in [6.45, 7) is 1.66. The van der Waals surface area contributed by atoms with Crippen molar-refractivity contribution in [1.82, 2.24) is 9.62 Å². The van der Waals surface area contributed by atoms with Gasteiger partial charge in [0.05, 0.1) is 0 Å². The fraction of sp³-hybridized carbons (Fsp3) is 0.545. The molecule has 1 aromatic heterocycles. The number of furan rings is 1. The van der Waals surface area contributed by atoms with Gasteiger partial charge in [0.1, 0.15) is 0 Å². The van der Waals surface area contributed by atoms with Crippen LogP contribution in [0.2, 0.25) is 0 Å². The van der Waals surface area contributed by atoms with Crippen LogP contribution in [0.15, 0.2) is 21.6 Å². The molecule has 0 saturated carbocycles. The van der Waals surface area contributed by atoms with Gasteiger partial charge in [0.25, 0.3) is 10.0 Å². The normalized spacial score (nSPS) is 21.9. The van der Waals surface area contributed by atoms with Crippen molar-refractivity contribution in [1.29, 1.82) is 0 Å². The Morgan fingerprint density at radius 3 is 2.89 bits per heavy atom. The number of rotatable bonds is 4. The summed E-state index contributed by atoms with van der Waals surface area (Å²) in [5, 5.41) is -0.210. The maximum Gasteiger partial charge on any atom is 0.274 e. The molecule has 6 nitrogen and oxygen atoms in total. The number of likely N-dealkylation sites (tertiary alicyclic amines) is 1. The Kier molecular flexibility index (Phi) is 3.84. The molecular weight excluding hydrogens is 256 g/mol. The van der Waals surface area contributed by atoms with Gasteiger partial charge in [-0.2, -0.15) is 0 Å². The summed E-state index contributed by atoms with van der Waals surface area (Å²) in [4.78, 5) is 12.5. The molecule has 0 bridgehead atoms. The molecule has 2 heterocycles. The summed E-state index contributed by atoms with van der Waals surface area (Å²) in [6.07, 6.45) is 2.25. The predicted octanol–water partition coefficient (Wildman–Crippen LogP) is 0.465. The van der Waals surface area contributed by atoms with Crippen molar-refractivity contribution in [2.75, 3.05) is 20.1 Å². The second-order valence-corrected chi connectivity index (χ2v) is 6.14. The average molecular weight is 272 g/mol. The summed E-state index contributed by atoms with van der Waals surface area (Å²) in [7, 11) is -1.72. The first-order chi connectivity index (χ1) is 8.51. The van der Waals surface area contributed by atoms with Crippen molar-refractivity contribution in [2.24, 2.45) is 0 Å². The van der Waals surface area contributed by atoms with E-state index in [4.69, 9.17) is 4.42 Å². The minimum absolute atomic E-state index is 0.0103. The summed E-state index contributed by atoms with van der Waals surface area (Å²) < 4.78 is 31.5. The van der Waals surface area contributed by atoms with E-state index < -0.39 is 10.0 Å². The van der Waals surface area contributed by atoms with Crippen molar-refractivity contribution >= 4 is 16.3 Å². The first-order valence-corrected chi connectivity index (χ1v) is 7.25. The maximum atomic E-state index is 12.0. The molecule has 0 aromatic carbocycles. The third-order valence-corrected chi connectivity index (χ3v) is 4.32. The van der Waals surface area contributed by atoms with Gasteiger partial charge in [0.15, 0.2) is 12.0 Å². The van der Waals surface area contributed by atoms with E-state index in [0.29, 0.717) is 12.8 Å². The fourth-order valence-electron chi connectivity index (χ4n) is 2.08. The quantitative estimate of drug-likeness (QED) is 0.806. The number of carbonyl (C=O) groups is 1. The highest BCUT2D eigenvalue weighted by Gasteiger charge is 2.25. The Morgan fingerprint density at radius 1 is 1.50 bits per heavy atom. The minimum atomic E-state index is -3.67. The van der Waals surface area contributed by atoms with Crippen LogP contribution in [-0.2, 0) is 10.0 Å². The van der Waals surface area contributed by atoms with Crippen molar-refractivity contribution in [2.45, 2.75) is 24.0 Å². The van der Waals surface area contributed by atoms with Crippen molar-refractivity contribution in [3.05, 3.63) is 17.9 Å². The molecule has 100 valence electrons. The number of nitrogens with one attached hydrogen (secondary N) is 1. The largest absolute Gasteiger partial charge is 0.440 e. The lowest BCUT2D eigenvalue weighted by Crippen LogP contribution is -2.46. The van der Waals surface area contributed by atoms with E-state index in [1.54, 1.807) is 0 Å². The fourth-order valence-corrected chi connectivity index (χ4v) is 3.28. The first-order valence-electron chi connectivity index (χ1n) is 5.77. The Morgan fingerprint density at radius 2 is 2.28 bits per heavy atom. The zero-order valence-electron chi connectivity index (χ0n) is 10.1. The van der Waals surface area contributed by atoms with Gasteiger partial charge in [0.2, 0.25) is 5.09 Å². The molecule has 1 saturated heterocycles. The third-order valence-electron chi connectivity index (χ3n) is 2.93. The van der Waals surface area contributed by atoms with Crippen LogP contribution < -0.4 is 4.72 Å². The third kappa shape index (κ3) is 2.98. The molecule has 1 N–H and O–H groups in total. The number of carbonyl (C=O) groups excluding carboxylic acids is 1. The van der Waals surface area contributed by atoms with Gasteiger partial charge in [-0.1, -0.05) is 0 Å². The number of nitrogens with zero attached hydrogens (tertiary/aromatic N) is 1. The molecule has 7 heteroatoms. The minimum Gasteiger partial charge on any atom is -0.440 e. The number of hydrogen-bond donors (Lipinski definition) is 1. The lowest BCUT2D eigenvalue weighted by Gasteiger charge is -2.29. The Hall–Kier alpha value is -1.18. The molecule has 0 radical (unpaired) electrons. The summed E-state index contributed by atoms with van der Waals surface area (Å²) in [5.41, 5.74) is 0. The number of aldehydes is 1. The second kappa shape index (κ2) is 5.21. The van der Waals surface area contributed by atoms with E-state index in [1.807, 2.05) is 7.05 Å². The van der Waals surface area contributed by atoms with E-state index in [0.717, 1.165) is 19.4 Å². The highest BCUT2D eigenvalue weighted by Crippen LogP contribution is 2.15. The van der Waals surface area contributed by atoms with Gasteiger partial charge >= 0.3 is 0 Å². The average Bonchev–Trinajstić information content (AvgIpc) is 2.77. The van der Waals surface area contributed by atoms with Gasteiger partial charge in [-0.25, -0.2) is 13.1 Å². The highest BCUT2D eigenvalue weighted by molar-refractivity contribution is 7.89. The zero-order valence-corrected chi connectivity index (χ0v) is 10.9. The van der Waals surface area contributed by atoms with E-state index in [1.165, 1.54) is 12.1 Å². The Labute approximate surface area is 106 Å². The first kappa shape index (κ1) is 13.3. The second-order valence-electron chi connectivity index (χ2n) is 4.50. The standard InChI is InChI=1S/C11H16N2O4S/c1-13-6-2-3-9(7-13)12-18(15,16)11-5-4-10(8-14)17-11/h4-5,8-9,12H,2-3,6-7H2,1H3. The molecule has 0 aliphatic carbocycles. The van der Waals surface area contributed by atoms with E-state index in [9.17, 15) is 13.2 Å². The molecule has 1 aliphatic heterocycles. The van der Waals surface area contributed by atoms with Crippen LogP contribution in [0.3, 0.4) is 0 Å². The van der Waals surface area contributed by atoms with Crippen molar-refractivity contribution in [3.8, 4) is 0 Å². The molecule has 1 aromatic rings. The lowest BCUT2D eigenvalue weighted by molar-refractivity contribution is 0.109. The van der Waals surface area contributed by atoms with Gasteiger partial charge in [-0.05, 0) is 38.6 Å². The number of likely N-dealkylation sites (N-methyl/N-ethyl adjacent to an activating group) is 1. The molecular formula is C11H16N2O4S. The Balaban J connectivity index is 2.09. The van der Waals surface area contributed by atoms with Crippen LogP contribution in [-0.4, -0.2) is 45.8 Å². The molecule has 0 spiro atoms. The zero-order chi connectivity index (χ0) is 13.2. The maximum absolute atomic E-state index is 12.0. The molecule has 2 rings (SSSR count). The van der Waals surface area contributed by atoms with Crippen LogP contribution in [0.4, 0.5) is 0 Å². The van der Waals surface area contributed by atoms with Crippen molar-refractivity contribution in [3.63, 3.8) is 0 Å². The van der Waals surface area contributed by atoms with Gasteiger partial charge in [-0.15, -0.1) is 0 Å². The monoisotopic (exact) mass is 272 g/mol. The summed E-state index contributed by atoms with van der Waals surface area (Å²) in [6, 6.07) is 2.52. The molecule has 1 fully saturated rings. The van der Waals surface area contributed by atoms with E-state index >= 15 is 0 Å². The highest BCUT2D eigenvalue weighted by atomic mass is 32.2. The molecule has 1 atom stereocenters. The van der Waals surface area contributed by atoms with Gasteiger partial charge in [0, 0.05) is 12.6 Å². The van der Waals surface area contributed by atoms with Gasteiger partial charge < -0.3 is 9.32 Å². The van der Waals surface area contributed by atoms with Crippen LogP contribution in [0.5, 0.6) is 0 Å². The molecule has 1 unspecified atom stereocenters. The van der Waals surface area contributed by atoms with Crippen LogP contribution in [0.1, 0.15) is 23.4 Å². The number of piperidine rings is 1. The smallest absolute Gasteiger partial charge is 0.274 e. The number of sulfonamides is 1. The molecule has 0 amide bonds.